The summed E-state index contributed by atoms with van der Waals surface area (Å²) in [6.07, 6.45) is -0.329. The first-order valence-corrected chi connectivity index (χ1v) is 8.47. The van der Waals surface area contributed by atoms with Crippen LogP contribution in [-0.4, -0.2) is 24.1 Å². The van der Waals surface area contributed by atoms with Crippen LogP contribution in [0, 0.1) is 6.92 Å². The average molecular weight is 346 g/mol. The molecule has 0 unspecified atom stereocenters. The van der Waals surface area contributed by atoms with Gasteiger partial charge in [-0.05, 0) is 29.7 Å². The Labute approximate surface area is 146 Å². The zero-order valence-corrected chi connectivity index (χ0v) is 14.4. The highest BCUT2D eigenvalue weighted by Crippen LogP contribution is 2.29. The van der Waals surface area contributed by atoms with Crippen molar-refractivity contribution in [2.24, 2.45) is 0 Å². The summed E-state index contributed by atoms with van der Waals surface area (Å²) in [7, 11) is 0. The Bertz CT molecular complexity index is 718. The summed E-state index contributed by atoms with van der Waals surface area (Å²) in [5.41, 5.74) is 4.01. The zero-order valence-electron chi connectivity index (χ0n) is 13.6. The van der Waals surface area contributed by atoms with Crippen molar-refractivity contribution in [3.05, 3.63) is 64.7 Å². The van der Waals surface area contributed by atoms with Gasteiger partial charge in [0.15, 0.2) is 0 Å². The predicted molar refractivity (Wildman–Crippen MR) is 93.3 cm³/mol. The van der Waals surface area contributed by atoms with E-state index in [1.807, 2.05) is 49.4 Å². The van der Waals surface area contributed by atoms with E-state index < -0.39 is 0 Å². The van der Waals surface area contributed by atoms with Crippen LogP contribution in [0.25, 0.3) is 0 Å². The third-order valence-corrected chi connectivity index (χ3v) is 4.31. The van der Waals surface area contributed by atoms with E-state index in [0.717, 1.165) is 28.0 Å². The Morgan fingerprint density at radius 2 is 2.04 bits per heavy atom. The summed E-state index contributed by atoms with van der Waals surface area (Å²) < 4.78 is 11.3. The second kappa shape index (κ2) is 7.58. The Balaban J connectivity index is 1.71. The summed E-state index contributed by atoms with van der Waals surface area (Å²) >= 11 is 5.95. The van der Waals surface area contributed by atoms with Crippen LogP contribution in [0.1, 0.15) is 22.3 Å². The molecule has 0 spiro atoms. The van der Waals surface area contributed by atoms with Gasteiger partial charge in [-0.2, -0.15) is 0 Å². The molecule has 0 saturated carbocycles. The first-order chi connectivity index (χ1) is 11.7. The van der Waals surface area contributed by atoms with E-state index in [1.54, 1.807) is 4.90 Å². The van der Waals surface area contributed by atoms with Crippen molar-refractivity contribution in [3.8, 4) is 5.75 Å². The predicted octanol–water partition coefficient (Wildman–Crippen LogP) is 4.27. The molecule has 3 rings (SSSR count). The summed E-state index contributed by atoms with van der Waals surface area (Å²) in [5, 5.41) is 0. The van der Waals surface area contributed by atoms with Crippen molar-refractivity contribution in [1.29, 1.82) is 0 Å². The second-order valence-corrected chi connectivity index (χ2v) is 6.11. The number of hydrogen-bond donors (Lipinski definition) is 0. The van der Waals surface area contributed by atoms with Crippen molar-refractivity contribution in [2.75, 3.05) is 13.2 Å². The maximum atomic E-state index is 12.4. The minimum absolute atomic E-state index is 0.268. The molecule has 24 heavy (non-hydrogen) atoms. The van der Waals surface area contributed by atoms with Gasteiger partial charge in [0.2, 0.25) is 0 Å². The largest absolute Gasteiger partial charge is 0.491 e. The van der Waals surface area contributed by atoms with Crippen LogP contribution in [0.5, 0.6) is 5.75 Å². The standard InChI is InChI=1S/C19H20ClNO3/c1-14-9-16(11-20)10-17-12-21(7-8-23-18(14)17)19(22)24-13-15-5-3-2-4-6-15/h2-6,9-10H,7-8,11-13H2,1H3. The summed E-state index contributed by atoms with van der Waals surface area (Å²) in [5.74, 6) is 1.29. The quantitative estimate of drug-likeness (QED) is 0.780. The van der Waals surface area contributed by atoms with Crippen LogP contribution in [0.4, 0.5) is 4.79 Å². The summed E-state index contributed by atoms with van der Waals surface area (Å²) in [6.45, 7) is 3.68. The maximum Gasteiger partial charge on any atom is 0.410 e. The van der Waals surface area contributed by atoms with Crippen molar-refractivity contribution < 1.29 is 14.3 Å². The Kier molecular flexibility index (Phi) is 5.26. The molecule has 0 aliphatic carbocycles. The summed E-state index contributed by atoms with van der Waals surface area (Å²) in [4.78, 5) is 14.1. The number of amides is 1. The van der Waals surface area contributed by atoms with E-state index in [0.29, 0.717) is 25.6 Å². The molecule has 4 nitrogen and oxygen atoms in total. The van der Waals surface area contributed by atoms with Gasteiger partial charge < -0.3 is 14.4 Å². The molecular formula is C19H20ClNO3. The van der Waals surface area contributed by atoms with Crippen LogP contribution in [-0.2, 0) is 23.8 Å². The molecule has 0 N–H and O–H groups in total. The molecule has 0 bridgehead atoms. The number of rotatable bonds is 3. The van der Waals surface area contributed by atoms with Crippen LogP contribution < -0.4 is 4.74 Å². The van der Waals surface area contributed by atoms with Gasteiger partial charge in [-0.15, -0.1) is 11.6 Å². The molecule has 0 aromatic heterocycles. The fourth-order valence-electron chi connectivity index (χ4n) is 2.84. The minimum atomic E-state index is -0.329. The molecule has 0 fully saturated rings. The highest BCUT2D eigenvalue weighted by molar-refractivity contribution is 6.17. The number of aryl methyl sites for hydroxylation is 1. The summed E-state index contributed by atoms with van der Waals surface area (Å²) in [6, 6.07) is 13.7. The van der Waals surface area contributed by atoms with Crippen molar-refractivity contribution in [2.45, 2.75) is 26.0 Å². The molecule has 0 atom stereocenters. The molecule has 0 saturated heterocycles. The zero-order chi connectivity index (χ0) is 16.9. The smallest absolute Gasteiger partial charge is 0.410 e. The number of benzene rings is 2. The molecule has 5 heteroatoms. The minimum Gasteiger partial charge on any atom is -0.491 e. The van der Waals surface area contributed by atoms with E-state index in [-0.39, 0.29) is 12.7 Å². The van der Waals surface area contributed by atoms with E-state index in [4.69, 9.17) is 21.1 Å². The Morgan fingerprint density at radius 1 is 1.25 bits per heavy atom. The number of carbonyl (C=O) groups is 1. The number of nitrogens with zero attached hydrogens (tertiary/aromatic N) is 1. The lowest BCUT2D eigenvalue weighted by Crippen LogP contribution is -2.32. The number of ether oxygens (including phenoxy) is 2. The third-order valence-electron chi connectivity index (χ3n) is 4.00. The van der Waals surface area contributed by atoms with Crippen LogP contribution >= 0.6 is 11.6 Å². The number of fused-ring (bicyclic) bond motifs is 1. The average Bonchev–Trinajstić information content (AvgIpc) is 2.83. The van der Waals surface area contributed by atoms with Gasteiger partial charge in [-0.25, -0.2) is 4.79 Å². The molecule has 1 aliphatic rings. The van der Waals surface area contributed by atoms with Gasteiger partial charge in [-0.1, -0.05) is 36.4 Å². The van der Waals surface area contributed by atoms with E-state index in [2.05, 4.69) is 0 Å². The lowest BCUT2D eigenvalue weighted by molar-refractivity contribution is 0.0913. The highest BCUT2D eigenvalue weighted by atomic mass is 35.5. The highest BCUT2D eigenvalue weighted by Gasteiger charge is 2.22. The van der Waals surface area contributed by atoms with Crippen molar-refractivity contribution in [1.82, 2.24) is 4.90 Å². The lowest BCUT2D eigenvalue weighted by Gasteiger charge is -2.19. The van der Waals surface area contributed by atoms with E-state index in [9.17, 15) is 4.79 Å². The van der Waals surface area contributed by atoms with Gasteiger partial charge >= 0.3 is 6.09 Å². The number of halogens is 1. The monoisotopic (exact) mass is 345 g/mol. The van der Waals surface area contributed by atoms with Crippen LogP contribution in [0.15, 0.2) is 42.5 Å². The molecule has 1 heterocycles. The van der Waals surface area contributed by atoms with Gasteiger partial charge in [0.25, 0.3) is 0 Å². The second-order valence-electron chi connectivity index (χ2n) is 5.84. The molecule has 2 aromatic carbocycles. The maximum absolute atomic E-state index is 12.4. The fraction of sp³-hybridized carbons (Fsp3) is 0.316. The number of carbonyl (C=O) groups excluding carboxylic acids is 1. The first kappa shape index (κ1) is 16.7. The molecule has 2 aromatic rings. The fourth-order valence-corrected chi connectivity index (χ4v) is 2.99. The van der Waals surface area contributed by atoms with Crippen molar-refractivity contribution in [3.63, 3.8) is 0 Å². The molecule has 1 aliphatic heterocycles. The topological polar surface area (TPSA) is 38.8 Å². The number of alkyl halides is 1. The lowest BCUT2D eigenvalue weighted by atomic mass is 10.1. The number of hydrogen-bond acceptors (Lipinski definition) is 3. The third kappa shape index (κ3) is 3.82. The molecular weight excluding hydrogens is 326 g/mol. The van der Waals surface area contributed by atoms with E-state index in [1.165, 1.54) is 0 Å². The van der Waals surface area contributed by atoms with Crippen LogP contribution in [0.2, 0.25) is 0 Å². The Morgan fingerprint density at radius 3 is 2.79 bits per heavy atom. The Hall–Kier alpha value is -2.20. The van der Waals surface area contributed by atoms with Gasteiger partial charge in [0.05, 0.1) is 13.1 Å². The van der Waals surface area contributed by atoms with Crippen molar-refractivity contribution >= 4 is 17.7 Å². The SMILES string of the molecule is Cc1cc(CCl)cc2c1OCCN(C(=O)OCc1ccccc1)C2. The van der Waals surface area contributed by atoms with Gasteiger partial charge in [0.1, 0.15) is 19.0 Å². The van der Waals surface area contributed by atoms with Gasteiger partial charge in [0, 0.05) is 11.4 Å². The molecule has 126 valence electrons. The van der Waals surface area contributed by atoms with E-state index >= 15 is 0 Å². The van der Waals surface area contributed by atoms with Gasteiger partial charge in [-0.3, -0.25) is 0 Å². The van der Waals surface area contributed by atoms with Crippen LogP contribution in [0.3, 0.4) is 0 Å². The normalized spacial score (nSPS) is 13.7. The molecule has 1 amide bonds. The molecule has 0 radical (unpaired) electrons. The first-order valence-electron chi connectivity index (χ1n) is 7.94.